The summed E-state index contributed by atoms with van der Waals surface area (Å²) in [6, 6.07) is 3.32. The van der Waals surface area contributed by atoms with Gasteiger partial charge in [0.05, 0.1) is 18.1 Å². The summed E-state index contributed by atoms with van der Waals surface area (Å²) in [5.74, 6) is -0.479. The molecule has 1 saturated heterocycles. The molecule has 1 amide bonds. The van der Waals surface area contributed by atoms with Gasteiger partial charge in [-0.25, -0.2) is 0 Å². The molecule has 6 nitrogen and oxygen atoms in total. The average molecular weight is 247 g/mol. The van der Waals surface area contributed by atoms with E-state index in [9.17, 15) is 4.79 Å². The van der Waals surface area contributed by atoms with Gasteiger partial charge in [-0.15, -0.1) is 0 Å². The molecule has 1 aromatic heterocycles. The number of hydrogen-bond donors (Lipinski definition) is 1. The Labute approximate surface area is 104 Å². The molecule has 0 spiro atoms. The fraction of sp³-hybridized carbons (Fsp3) is 0.417. The Bertz CT molecular complexity index is 515. The van der Waals surface area contributed by atoms with E-state index in [1.165, 1.54) is 0 Å². The van der Waals surface area contributed by atoms with Gasteiger partial charge in [-0.05, 0) is 25.0 Å². The van der Waals surface area contributed by atoms with Gasteiger partial charge in [0, 0.05) is 6.20 Å². The lowest BCUT2D eigenvalue weighted by molar-refractivity contribution is -0.162. The van der Waals surface area contributed by atoms with Crippen LogP contribution in [-0.2, 0) is 9.57 Å². The highest BCUT2D eigenvalue weighted by Gasteiger charge is 2.39. The van der Waals surface area contributed by atoms with Gasteiger partial charge in [0.1, 0.15) is 11.4 Å². The van der Waals surface area contributed by atoms with Crippen molar-refractivity contribution in [2.75, 3.05) is 6.61 Å². The van der Waals surface area contributed by atoms with E-state index in [0.29, 0.717) is 23.6 Å². The molecule has 18 heavy (non-hydrogen) atoms. The van der Waals surface area contributed by atoms with Gasteiger partial charge in [-0.2, -0.15) is 0 Å². The van der Waals surface area contributed by atoms with E-state index < -0.39 is 5.91 Å². The maximum Gasteiger partial charge on any atom is 0.250 e. The van der Waals surface area contributed by atoms with Gasteiger partial charge in [-0.3, -0.25) is 9.78 Å². The fourth-order valence-corrected chi connectivity index (χ4v) is 2.33. The smallest absolute Gasteiger partial charge is 0.250 e. The first-order valence-corrected chi connectivity index (χ1v) is 5.88. The van der Waals surface area contributed by atoms with Crippen LogP contribution in [0.15, 0.2) is 23.5 Å². The second kappa shape index (κ2) is 4.38. The van der Waals surface area contributed by atoms with Crippen molar-refractivity contribution in [2.24, 2.45) is 16.8 Å². The van der Waals surface area contributed by atoms with Crippen LogP contribution < -0.4 is 5.73 Å². The molecule has 2 unspecified atom stereocenters. The van der Waals surface area contributed by atoms with Crippen LogP contribution in [0.5, 0.6) is 0 Å². The number of amides is 1. The molecular weight excluding hydrogens is 234 g/mol. The molecular formula is C12H13N3O3. The Kier molecular flexibility index (Phi) is 2.71. The molecule has 2 atom stereocenters. The molecule has 2 aliphatic rings. The second-order valence-corrected chi connectivity index (χ2v) is 4.33. The van der Waals surface area contributed by atoms with E-state index in [1.54, 1.807) is 18.3 Å². The molecule has 0 aromatic carbocycles. The summed E-state index contributed by atoms with van der Waals surface area (Å²) >= 11 is 0. The molecule has 0 saturated carbocycles. The number of nitrogens with zero attached hydrogens (tertiary/aromatic N) is 2. The zero-order chi connectivity index (χ0) is 12.5. The fourth-order valence-electron chi connectivity index (χ4n) is 2.33. The lowest BCUT2D eigenvalue weighted by Crippen LogP contribution is -2.32. The van der Waals surface area contributed by atoms with E-state index in [0.717, 1.165) is 12.8 Å². The predicted molar refractivity (Wildman–Crippen MR) is 62.8 cm³/mol. The number of primary amides is 1. The molecule has 3 heterocycles. The number of carbonyl (C=O) groups excluding carboxylic acids is 1. The summed E-state index contributed by atoms with van der Waals surface area (Å²) in [5.41, 5.74) is 6.87. The molecule has 94 valence electrons. The number of fused-ring (bicyclic) bond motifs is 1. The van der Waals surface area contributed by atoms with Crippen molar-refractivity contribution in [3.8, 4) is 0 Å². The van der Waals surface area contributed by atoms with Gasteiger partial charge < -0.3 is 15.3 Å². The third-order valence-electron chi connectivity index (χ3n) is 3.19. The van der Waals surface area contributed by atoms with Crippen LogP contribution >= 0.6 is 0 Å². The summed E-state index contributed by atoms with van der Waals surface area (Å²) in [5, 5.41) is 4.01. The Hall–Kier alpha value is -1.95. The topological polar surface area (TPSA) is 86.8 Å². The molecule has 0 bridgehead atoms. The Morgan fingerprint density at radius 2 is 2.39 bits per heavy atom. The monoisotopic (exact) mass is 247 g/mol. The number of carbonyl (C=O) groups is 1. The minimum absolute atomic E-state index is 0.0340. The predicted octanol–water partition coefficient (Wildman–Crippen LogP) is 0.667. The van der Waals surface area contributed by atoms with Crippen molar-refractivity contribution < 1.29 is 14.4 Å². The van der Waals surface area contributed by atoms with Crippen molar-refractivity contribution >= 4 is 11.6 Å². The Balaban J connectivity index is 1.98. The lowest BCUT2D eigenvalue weighted by atomic mass is 9.91. The minimum Gasteiger partial charge on any atom is -0.366 e. The third-order valence-corrected chi connectivity index (χ3v) is 3.19. The van der Waals surface area contributed by atoms with Crippen LogP contribution in [0.1, 0.15) is 28.9 Å². The van der Waals surface area contributed by atoms with Crippen LogP contribution in [0, 0.1) is 5.92 Å². The largest absolute Gasteiger partial charge is 0.366 e. The van der Waals surface area contributed by atoms with Crippen molar-refractivity contribution in [1.29, 1.82) is 0 Å². The number of aromatic nitrogens is 1. The molecule has 3 rings (SSSR count). The highest BCUT2D eigenvalue weighted by Crippen LogP contribution is 2.31. The van der Waals surface area contributed by atoms with Crippen LogP contribution in [0.25, 0.3) is 0 Å². The van der Waals surface area contributed by atoms with E-state index in [1.807, 2.05) is 0 Å². The SMILES string of the molecule is NC(=O)c1cccnc1C1=NOC2OCCCC12. The van der Waals surface area contributed by atoms with Crippen LogP contribution in [0.4, 0.5) is 0 Å². The second-order valence-electron chi connectivity index (χ2n) is 4.33. The number of oxime groups is 1. The molecule has 1 fully saturated rings. The van der Waals surface area contributed by atoms with Crippen LogP contribution in [0.3, 0.4) is 0 Å². The zero-order valence-corrected chi connectivity index (χ0v) is 9.70. The van der Waals surface area contributed by atoms with Crippen molar-refractivity contribution in [3.63, 3.8) is 0 Å². The highest BCUT2D eigenvalue weighted by molar-refractivity contribution is 6.09. The first-order chi connectivity index (χ1) is 8.77. The van der Waals surface area contributed by atoms with Gasteiger partial charge in [0.25, 0.3) is 5.91 Å². The number of ether oxygens (including phenoxy) is 1. The standard InChI is InChI=1S/C12H13N3O3/c13-11(16)7-3-1-5-14-9(7)10-8-4-2-6-17-12(8)18-15-10/h1,3,5,8,12H,2,4,6H2,(H2,13,16). The number of rotatable bonds is 2. The van der Waals surface area contributed by atoms with Gasteiger partial charge in [0.2, 0.25) is 6.29 Å². The van der Waals surface area contributed by atoms with Crippen molar-refractivity contribution in [1.82, 2.24) is 4.98 Å². The quantitative estimate of drug-likeness (QED) is 0.832. The van der Waals surface area contributed by atoms with Crippen LogP contribution in [0.2, 0.25) is 0 Å². The maximum atomic E-state index is 11.4. The molecule has 1 aromatic rings. The van der Waals surface area contributed by atoms with Gasteiger partial charge >= 0.3 is 0 Å². The third kappa shape index (κ3) is 1.74. The average Bonchev–Trinajstić information content (AvgIpc) is 2.82. The molecule has 6 heteroatoms. The maximum absolute atomic E-state index is 11.4. The summed E-state index contributed by atoms with van der Waals surface area (Å²) in [6.07, 6.45) is 3.12. The van der Waals surface area contributed by atoms with Gasteiger partial charge in [-0.1, -0.05) is 5.16 Å². The van der Waals surface area contributed by atoms with Gasteiger partial charge in [0.15, 0.2) is 0 Å². The molecule has 0 aliphatic carbocycles. The van der Waals surface area contributed by atoms with Crippen molar-refractivity contribution in [3.05, 3.63) is 29.6 Å². The minimum atomic E-state index is -0.513. The Morgan fingerprint density at radius 3 is 3.22 bits per heavy atom. The number of nitrogens with two attached hydrogens (primary N) is 1. The highest BCUT2D eigenvalue weighted by atomic mass is 16.8. The summed E-state index contributed by atoms with van der Waals surface area (Å²) in [7, 11) is 0. The molecule has 0 radical (unpaired) electrons. The van der Waals surface area contributed by atoms with Crippen molar-refractivity contribution in [2.45, 2.75) is 19.1 Å². The summed E-state index contributed by atoms with van der Waals surface area (Å²) < 4.78 is 5.47. The van der Waals surface area contributed by atoms with E-state index in [2.05, 4.69) is 10.1 Å². The number of hydrogen-bond acceptors (Lipinski definition) is 5. The first kappa shape index (κ1) is 11.2. The summed E-state index contributed by atoms with van der Waals surface area (Å²) in [6.45, 7) is 0.675. The van der Waals surface area contributed by atoms with E-state index in [4.69, 9.17) is 15.3 Å². The Morgan fingerprint density at radius 1 is 1.50 bits per heavy atom. The molecule has 2 N–H and O–H groups in total. The first-order valence-electron chi connectivity index (χ1n) is 5.88. The number of pyridine rings is 1. The summed E-state index contributed by atoms with van der Waals surface area (Å²) in [4.78, 5) is 20.8. The van der Waals surface area contributed by atoms with Crippen LogP contribution in [-0.4, -0.2) is 29.5 Å². The molecule has 2 aliphatic heterocycles. The zero-order valence-electron chi connectivity index (χ0n) is 9.70. The van der Waals surface area contributed by atoms with E-state index in [-0.39, 0.29) is 12.2 Å². The lowest BCUT2D eigenvalue weighted by Gasteiger charge is -2.23. The normalized spacial score (nSPS) is 26.1. The van der Waals surface area contributed by atoms with E-state index >= 15 is 0 Å².